The average Bonchev–Trinajstić information content (AvgIpc) is 3.18. The molecule has 0 atom stereocenters. The Morgan fingerprint density at radius 1 is 1.07 bits per heavy atom. The Bertz CT molecular complexity index is 875. The first kappa shape index (κ1) is 20.4. The van der Waals surface area contributed by atoms with E-state index in [1.165, 1.54) is 18.2 Å². The van der Waals surface area contributed by atoms with Gasteiger partial charge in [0, 0.05) is 37.0 Å². The van der Waals surface area contributed by atoms with E-state index in [1.807, 2.05) is 13.0 Å². The molecule has 1 heterocycles. The SMILES string of the molecule is CCNC(=O)N(CCCCNC(=O)c1cccc(F)c1)c1ccc2c(c1)OCO2. The van der Waals surface area contributed by atoms with Crippen LogP contribution in [0.2, 0.25) is 0 Å². The van der Waals surface area contributed by atoms with Crippen molar-refractivity contribution >= 4 is 17.6 Å². The third-order valence-corrected chi connectivity index (χ3v) is 4.42. The second-order valence-corrected chi connectivity index (χ2v) is 6.50. The molecule has 154 valence electrons. The van der Waals surface area contributed by atoms with Crippen LogP contribution in [0.25, 0.3) is 0 Å². The third-order valence-electron chi connectivity index (χ3n) is 4.42. The molecule has 0 aliphatic carbocycles. The molecule has 0 saturated carbocycles. The first-order valence-electron chi connectivity index (χ1n) is 9.57. The lowest BCUT2D eigenvalue weighted by Crippen LogP contribution is -2.40. The number of hydrogen-bond donors (Lipinski definition) is 2. The molecule has 0 saturated heterocycles. The highest BCUT2D eigenvalue weighted by Gasteiger charge is 2.19. The highest BCUT2D eigenvalue weighted by Crippen LogP contribution is 2.35. The normalized spacial score (nSPS) is 11.8. The number of anilines is 1. The number of fused-ring (bicyclic) bond motifs is 1. The Morgan fingerprint density at radius 2 is 1.90 bits per heavy atom. The summed E-state index contributed by atoms with van der Waals surface area (Å²) in [6.07, 6.45) is 1.34. The Kier molecular flexibility index (Phi) is 6.89. The number of benzene rings is 2. The van der Waals surface area contributed by atoms with Crippen LogP contribution in [0, 0.1) is 5.82 Å². The number of ether oxygens (including phenoxy) is 2. The van der Waals surface area contributed by atoms with Crippen molar-refractivity contribution < 1.29 is 23.5 Å². The fraction of sp³-hybridized carbons (Fsp3) is 0.333. The second kappa shape index (κ2) is 9.77. The summed E-state index contributed by atoms with van der Waals surface area (Å²) in [5, 5.41) is 5.57. The topological polar surface area (TPSA) is 79.9 Å². The number of hydrogen-bond acceptors (Lipinski definition) is 4. The van der Waals surface area contributed by atoms with Gasteiger partial charge in [-0.2, -0.15) is 0 Å². The monoisotopic (exact) mass is 401 g/mol. The lowest BCUT2D eigenvalue weighted by Gasteiger charge is -2.23. The summed E-state index contributed by atoms with van der Waals surface area (Å²) >= 11 is 0. The van der Waals surface area contributed by atoms with Crippen LogP contribution in [0.3, 0.4) is 0 Å². The molecule has 0 aromatic heterocycles. The Balaban J connectivity index is 1.52. The van der Waals surface area contributed by atoms with Gasteiger partial charge in [-0.1, -0.05) is 6.07 Å². The van der Waals surface area contributed by atoms with E-state index < -0.39 is 5.82 Å². The molecule has 8 heteroatoms. The zero-order chi connectivity index (χ0) is 20.6. The molecule has 0 radical (unpaired) electrons. The number of nitrogens with zero attached hydrogens (tertiary/aromatic N) is 1. The van der Waals surface area contributed by atoms with E-state index in [0.29, 0.717) is 49.7 Å². The van der Waals surface area contributed by atoms with Gasteiger partial charge in [0.15, 0.2) is 11.5 Å². The van der Waals surface area contributed by atoms with Crippen LogP contribution in [0.1, 0.15) is 30.1 Å². The maximum Gasteiger partial charge on any atom is 0.321 e. The minimum atomic E-state index is -0.445. The van der Waals surface area contributed by atoms with E-state index in [2.05, 4.69) is 10.6 Å². The van der Waals surface area contributed by atoms with Gasteiger partial charge >= 0.3 is 6.03 Å². The van der Waals surface area contributed by atoms with E-state index in [-0.39, 0.29) is 24.3 Å². The number of amides is 3. The number of urea groups is 1. The van der Waals surface area contributed by atoms with Crippen LogP contribution in [0.4, 0.5) is 14.9 Å². The van der Waals surface area contributed by atoms with Crippen molar-refractivity contribution in [3.8, 4) is 11.5 Å². The van der Waals surface area contributed by atoms with Crippen molar-refractivity contribution in [2.45, 2.75) is 19.8 Å². The Labute approximate surface area is 168 Å². The van der Waals surface area contributed by atoms with Crippen molar-refractivity contribution in [1.82, 2.24) is 10.6 Å². The fourth-order valence-electron chi connectivity index (χ4n) is 2.98. The molecule has 1 aliphatic heterocycles. The molecule has 2 aromatic carbocycles. The van der Waals surface area contributed by atoms with Gasteiger partial charge in [-0.3, -0.25) is 9.69 Å². The molecule has 1 aliphatic rings. The molecule has 7 nitrogen and oxygen atoms in total. The standard InChI is InChI=1S/C21H24FN3O4/c1-2-23-21(27)25(17-8-9-18-19(13-17)29-14-28-18)11-4-3-10-24-20(26)15-6-5-7-16(22)12-15/h5-9,12-13H,2-4,10-11,14H2,1H3,(H,23,27)(H,24,26). The van der Waals surface area contributed by atoms with Crippen molar-refractivity contribution in [2.75, 3.05) is 31.3 Å². The van der Waals surface area contributed by atoms with Crippen molar-refractivity contribution in [2.24, 2.45) is 0 Å². The zero-order valence-corrected chi connectivity index (χ0v) is 16.2. The summed E-state index contributed by atoms with van der Waals surface area (Å²) in [7, 11) is 0. The highest BCUT2D eigenvalue weighted by atomic mass is 19.1. The maximum atomic E-state index is 13.2. The lowest BCUT2D eigenvalue weighted by molar-refractivity contribution is 0.0952. The van der Waals surface area contributed by atoms with E-state index in [9.17, 15) is 14.0 Å². The predicted octanol–water partition coefficient (Wildman–Crippen LogP) is 3.30. The summed E-state index contributed by atoms with van der Waals surface area (Å²) in [6.45, 7) is 3.45. The molecule has 2 N–H and O–H groups in total. The summed E-state index contributed by atoms with van der Waals surface area (Å²) in [5.41, 5.74) is 0.998. The van der Waals surface area contributed by atoms with Crippen molar-refractivity contribution in [3.63, 3.8) is 0 Å². The number of rotatable bonds is 8. The summed E-state index contributed by atoms with van der Waals surface area (Å²) < 4.78 is 23.9. The smallest absolute Gasteiger partial charge is 0.321 e. The van der Waals surface area contributed by atoms with Crippen molar-refractivity contribution in [1.29, 1.82) is 0 Å². The molecular formula is C21H24FN3O4. The van der Waals surface area contributed by atoms with E-state index in [1.54, 1.807) is 23.1 Å². The van der Waals surface area contributed by atoms with Crippen LogP contribution in [0.5, 0.6) is 11.5 Å². The highest BCUT2D eigenvalue weighted by molar-refractivity contribution is 5.94. The number of unbranched alkanes of at least 4 members (excludes halogenated alkanes) is 1. The van der Waals surface area contributed by atoms with Gasteiger partial charge in [0.05, 0.1) is 0 Å². The Morgan fingerprint density at radius 3 is 2.69 bits per heavy atom. The average molecular weight is 401 g/mol. The number of carbonyl (C=O) groups excluding carboxylic acids is 2. The molecule has 0 unspecified atom stereocenters. The van der Waals surface area contributed by atoms with Crippen LogP contribution < -0.4 is 25.0 Å². The second-order valence-electron chi connectivity index (χ2n) is 6.50. The number of nitrogens with one attached hydrogen (secondary N) is 2. The first-order chi connectivity index (χ1) is 14.1. The largest absolute Gasteiger partial charge is 0.454 e. The summed E-state index contributed by atoms with van der Waals surface area (Å²) in [5.74, 6) is 0.503. The minimum absolute atomic E-state index is 0.172. The molecule has 0 bridgehead atoms. The van der Waals surface area contributed by atoms with E-state index in [0.717, 1.165) is 0 Å². The number of halogens is 1. The fourth-order valence-corrected chi connectivity index (χ4v) is 2.98. The minimum Gasteiger partial charge on any atom is -0.454 e. The summed E-state index contributed by atoms with van der Waals surface area (Å²) in [4.78, 5) is 26.1. The van der Waals surface area contributed by atoms with Gasteiger partial charge in [-0.15, -0.1) is 0 Å². The molecule has 2 aromatic rings. The molecule has 3 rings (SSSR count). The van der Waals surface area contributed by atoms with Crippen LogP contribution >= 0.6 is 0 Å². The number of carbonyl (C=O) groups is 2. The van der Waals surface area contributed by atoms with E-state index >= 15 is 0 Å². The van der Waals surface area contributed by atoms with Gasteiger partial charge in [-0.05, 0) is 50.1 Å². The van der Waals surface area contributed by atoms with Crippen LogP contribution in [-0.4, -0.2) is 38.4 Å². The quantitative estimate of drug-likeness (QED) is 0.665. The van der Waals surface area contributed by atoms with Crippen LogP contribution in [-0.2, 0) is 0 Å². The summed E-state index contributed by atoms with van der Waals surface area (Å²) in [6, 6.07) is 10.7. The van der Waals surface area contributed by atoms with Crippen LogP contribution in [0.15, 0.2) is 42.5 Å². The molecule has 29 heavy (non-hydrogen) atoms. The first-order valence-corrected chi connectivity index (χ1v) is 9.57. The molecule has 0 fully saturated rings. The molecule has 3 amide bonds. The van der Waals surface area contributed by atoms with E-state index in [4.69, 9.17) is 9.47 Å². The van der Waals surface area contributed by atoms with Gasteiger partial charge in [0.25, 0.3) is 5.91 Å². The molecule has 0 spiro atoms. The maximum absolute atomic E-state index is 13.2. The molecular weight excluding hydrogens is 377 g/mol. The predicted molar refractivity (Wildman–Crippen MR) is 107 cm³/mol. The van der Waals surface area contributed by atoms with Gasteiger partial charge < -0.3 is 20.1 Å². The Hall–Kier alpha value is -3.29. The third kappa shape index (κ3) is 5.37. The van der Waals surface area contributed by atoms with Crippen molar-refractivity contribution in [3.05, 3.63) is 53.8 Å². The lowest BCUT2D eigenvalue weighted by atomic mass is 10.2. The van der Waals surface area contributed by atoms with Gasteiger partial charge in [-0.25, -0.2) is 9.18 Å². The van der Waals surface area contributed by atoms with Gasteiger partial charge in [0.1, 0.15) is 5.82 Å². The van der Waals surface area contributed by atoms with Gasteiger partial charge in [0.2, 0.25) is 6.79 Å². The zero-order valence-electron chi connectivity index (χ0n) is 16.2.